The summed E-state index contributed by atoms with van der Waals surface area (Å²) in [7, 11) is 1.22. The Hall–Kier alpha value is -4.96. The molecule has 10 nitrogen and oxygen atoms in total. The minimum Gasteiger partial charge on any atom is -0.465 e. The number of benzene rings is 3. The van der Waals surface area contributed by atoms with Gasteiger partial charge in [0.15, 0.2) is 0 Å². The van der Waals surface area contributed by atoms with Gasteiger partial charge in [-0.3, -0.25) is 14.4 Å². The van der Waals surface area contributed by atoms with E-state index in [1.807, 2.05) is 0 Å². The number of carbonyl (C=O) groups excluding carboxylic acids is 5. The molecule has 1 aliphatic rings. The van der Waals surface area contributed by atoms with Crippen LogP contribution < -0.4 is 15.5 Å². The Bertz CT molecular complexity index is 1550. The van der Waals surface area contributed by atoms with E-state index in [0.717, 1.165) is 4.90 Å². The number of amides is 3. The van der Waals surface area contributed by atoms with Gasteiger partial charge in [-0.1, -0.05) is 23.7 Å². The minimum atomic E-state index is -0.772. The Kier molecular flexibility index (Phi) is 8.30. The average Bonchev–Trinajstić information content (AvgIpc) is 3.15. The highest BCUT2D eigenvalue weighted by Gasteiger charge is 2.39. The Morgan fingerprint density at radius 3 is 2.15 bits per heavy atom. The van der Waals surface area contributed by atoms with Crippen molar-refractivity contribution in [1.29, 1.82) is 0 Å². The van der Waals surface area contributed by atoms with Gasteiger partial charge in [-0.2, -0.15) is 0 Å². The summed E-state index contributed by atoms with van der Waals surface area (Å²) in [5.41, 5.74) is 1.51. The maximum atomic E-state index is 13.1. The fourth-order valence-corrected chi connectivity index (χ4v) is 4.01. The molecule has 0 radical (unpaired) electrons. The van der Waals surface area contributed by atoms with Gasteiger partial charge < -0.3 is 20.1 Å². The second kappa shape index (κ2) is 11.8. The predicted octanol–water partition coefficient (Wildman–Crippen LogP) is 4.73. The molecule has 0 saturated heterocycles. The fourth-order valence-electron chi connectivity index (χ4n) is 3.79. The van der Waals surface area contributed by atoms with E-state index in [1.165, 1.54) is 37.4 Å². The molecule has 0 aromatic heterocycles. The van der Waals surface area contributed by atoms with Gasteiger partial charge in [0, 0.05) is 16.9 Å². The molecule has 0 spiro atoms. The molecule has 3 aromatic rings. The number of nitrogens with one attached hydrogen (secondary N) is 2. The molecule has 204 valence electrons. The van der Waals surface area contributed by atoms with Crippen molar-refractivity contribution >= 4 is 58.3 Å². The van der Waals surface area contributed by atoms with Crippen molar-refractivity contribution in [2.75, 3.05) is 22.6 Å². The summed E-state index contributed by atoms with van der Waals surface area (Å²) in [6.45, 7) is 3.50. The van der Waals surface area contributed by atoms with E-state index in [-0.39, 0.29) is 33.6 Å². The highest BCUT2D eigenvalue weighted by molar-refractivity contribution is 6.53. The average molecular weight is 562 g/mol. The first-order valence-electron chi connectivity index (χ1n) is 12.1. The highest BCUT2D eigenvalue weighted by Crippen LogP contribution is 2.31. The standard InChI is InChI=1S/C29H24ClN3O7/c1-16(2)40-29(38)17-10-12-20(13-11-17)32-25(34)18-6-4-8-21(14-18)31-24-23(30)26(35)33(27(24)36)22-9-5-7-19(15-22)28(37)39-3/h4-16,31H,1-3H3,(H,32,34). The third-order valence-electron chi connectivity index (χ3n) is 5.67. The molecular weight excluding hydrogens is 538 g/mol. The van der Waals surface area contributed by atoms with Crippen LogP contribution in [0.25, 0.3) is 0 Å². The van der Waals surface area contributed by atoms with Crippen LogP contribution in [-0.4, -0.2) is 42.9 Å². The van der Waals surface area contributed by atoms with Crippen LogP contribution in [0.1, 0.15) is 44.9 Å². The maximum Gasteiger partial charge on any atom is 0.338 e. The number of imide groups is 1. The monoisotopic (exact) mass is 561 g/mol. The van der Waals surface area contributed by atoms with E-state index < -0.39 is 29.7 Å². The van der Waals surface area contributed by atoms with Crippen molar-refractivity contribution in [3.63, 3.8) is 0 Å². The van der Waals surface area contributed by atoms with E-state index in [4.69, 9.17) is 21.1 Å². The lowest BCUT2D eigenvalue weighted by atomic mass is 10.1. The first-order chi connectivity index (χ1) is 19.1. The number of esters is 2. The van der Waals surface area contributed by atoms with Gasteiger partial charge in [0.25, 0.3) is 17.7 Å². The van der Waals surface area contributed by atoms with E-state index in [2.05, 4.69) is 10.6 Å². The number of nitrogens with zero attached hydrogens (tertiary/aromatic N) is 1. The number of ether oxygens (including phenoxy) is 2. The topological polar surface area (TPSA) is 131 Å². The van der Waals surface area contributed by atoms with Crippen LogP contribution in [0.5, 0.6) is 0 Å². The van der Waals surface area contributed by atoms with Gasteiger partial charge in [-0.25, -0.2) is 14.5 Å². The minimum absolute atomic E-state index is 0.143. The molecule has 3 amide bonds. The van der Waals surface area contributed by atoms with Crippen LogP contribution in [0, 0.1) is 0 Å². The third kappa shape index (κ3) is 6.02. The summed E-state index contributed by atoms with van der Waals surface area (Å²) in [5, 5.41) is 5.21. The third-order valence-corrected chi connectivity index (χ3v) is 6.02. The zero-order valence-corrected chi connectivity index (χ0v) is 22.4. The number of methoxy groups -OCH3 is 1. The molecule has 0 aliphatic carbocycles. The number of carbonyl (C=O) groups is 5. The van der Waals surface area contributed by atoms with Gasteiger partial charge in [-0.15, -0.1) is 0 Å². The number of hydrogen-bond acceptors (Lipinski definition) is 8. The number of hydrogen-bond donors (Lipinski definition) is 2. The van der Waals surface area contributed by atoms with E-state index >= 15 is 0 Å². The second-order valence-electron chi connectivity index (χ2n) is 8.87. The molecule has 1 aliphatic heterocycles. The molecule has 0 atom stereocenters. The summed E-state index contributed by atoms with van der Waals surface area (Å²) in [6.07, 6.45) is -0.253. The first kappa shape index (κ1) is 28.1. The summed E-state index contributed by atoms with van der Waals surface area (Å²) in [4.78, 5) is 63.6. The molecule has 2 N–H and O–H groups in total. The van der Waals surface area contributed by atoms with Crippen LogP contribution in [0.15, 0.2) is 83.5 Å². The van der Waals surface area contributed by atoms with Crippen molar-refractivity contribution in [3.05, 3.63) is 100 Å². The summed E-state index contributed by atoms with van der Waals surface area (Å²) >= 11 is 6.22. The van der Waals surface area contributed by atoms with Crippen LogP contribution in [0.2, 0.25) is 0 Å². The zero-order valence-electron chi connectivity index (χ0n) is 21.7. The van der Waals surface area contributed by atoms with Crippen LogP contribution >= 0.6 is 11.6 Å². The molecule has 0 unspecified atom stereocenters. The van der Waals surface area contributed by atoms with Crippen LogP contribution in [0.4, 0.5) is 17.1 Å². The molecule has 0 fully saturated rings. The smallest absolute Gasteiger partial charge is 0.338 e. The van der Waals surface area contributed by atoms with Gasteiger partial charge in [0.05, 0.1) is 30.0 Å². The zero-order chi connectivity index (χ0) is 29.0. The Balaban J connectivity index is 1.47. The molecule has 4 rings (SSSR count). The highest BCUT2D eigenvalue weighted by atomic mass is 35.5. The summed E-state index contributed by atoms with van der Waals surface area (Å²) in [5.74, 6) is -3.04. The van der Waals surface area contributed by atoms with Gasteiger partial charge in [-0.05, 0) is 74.5 Å². The fraction of sp³-hybridized carbons (Fsp3) is 0.138. The van der Waals surface area contributed by atoms with Crippen LogP contribution in [-0.2, 0) is 19.1 Å². The Morgan fingerprint density at radius 1 is 0.800 bits per heavy atom. The molecular formula is C29H24ClN3O7. The largest absolute Gasteiger partial charge is 0.465 e. The van der Waals surface area contributed by atoms with Crippen molar-refractivity contribution in [1.82, 2.24) is 0 Å². The lowest BCUT2D eigenvalue weighted by Gasteiger charge is -2.16. The van der Waals surface area contributed by atoms with E-state index in [9.17, 15) is 24.0 Å². The molecule has 3 aromatic carbocycles. The molecule has 1 heterocycles. The number of anilines is 3. The molecule has 40 heavy (non-hydrogen) atoms. The van der Waals surface area contributed by atoms with Gasteiger partial charge in [0.2, 0.25) is 0 Å². The second-order valence-corrected chi connectivity index (χ2v) is 9.25. The van der Waals surface area contributed by atoms with Crippen molar-refractivity contribution in [3.8, 4) is 0 Å². The maximum absolute atomic E-state index is 13.1. The van der Waals surface area contributed by atoms with Crippen molar-refractivity contribution in [2.45, 2.75) is 20.0 Å². The van der Waals surface area contributed by atoms with Gasteiger partial charge in [0.1, 0.15) is 10.7 Å². The Morgan fingerprint density at radius 2 is 1.48 bits per heavy atom. The van der Waals surface area contributed by atoms with E-state index in [1.54, 1.807) is 56.3 Å². The number of halogens is 1. The quantitative estimate of drug-likeness (QED) is 0.298. The lowest BCUT2D eigenvalue weighted by Crippen LogP contribution is -2.32. The molecule has 11 heteroatoms. The normalized spacial score (nSPS) is 13.0. The summed E-state index contributed by atoms with van der Waals surface area (Å²) < 4.78 is 9.85. The Labute approximate surface area is 234 Å². The SMILES string of the molecule is COC(=O)c1cccc(N2C(=O)C(Cl)=C(Nc3cccc(C(=O)Nc4ccc(C(=O)OC(C)C)cc4)c3)C2=O)c1. The molecule has 0 bridgehead atoms. The predicted molar refractivity (Wildman–Crippen MR) is 148 cm³/mol. The number of rotatable bonds is 8. The van der Waals surface area contributed by atoms with Crippen LogP contribution in [0.3, 0.4) is 0 Å². The lowest BCUT2D eigenvalue weighted by molar-refractivity contribution is -0.120. The van der Waals surface area contributed by atoms with E-state index in [0.29, 0.717) is 16.9 Å². The van der Waals surface area contributed by atoms with Crippen molar-refractivity contribution < 1.29 is 33.4 Å². The molecule has 0 saturated carbocycles. The first-order valence-corrected chi connectivity index (χ1v) is 12.4. The van der Waals surface area contributed by atoms with Crippen molar-refractivity contribution in [2.24, 2.45) is 0 Å². The van der Waals surface area contributed by atoms with Gasteiger partial charge >= 0.3 is 11.9 Å². The summed E-state index contributed by atoms with van der Waals surface area (Å²) in [6, 6.07) is 18.3.